The number of rotatable bonds is 2. The minimum Gasteiger partial charge on any atom is -0.322 e. The maximum Gasteiger partial charge on any atom is 0.255 e. The van der Waals surface area contributed by atoms with Crippen LogP contribution in [0.2, 0.25) is 0 Å². The number of aryl methyl sites for hydroxylation is 2. The second-order valence-corrected chi connectivity index (χ2v) is 6.46. The van der Waals surface area contributed by atoms with Crippen LogP contribution < -0.4 is 5.32 Å². The fourth-order valence-corrected chi connectivity index (χ4v) is 2.60. The second kappa shape index (κ2) is 6.05. The normalized spacial score (nSPS) is 10.3. The summed E-state index contributed by atoms with van der Waals surface area (Å²) in [5.41, 5.74) is 3.75. The van der Waals surface area contributed by atoms with E-state index >= 15 is 0 Å². The number of hydrogen-bond acceptors (Lipinski definition) is 1. The van der Waals surface area contributed by atoms with E-state index in [1.54, 1.807) is 12.1 Å². The molecule has 0 fully saturated rings. The molecule has 0 aliphatic carbocycles. The summed E-state index contributed by atoms with van der Waals surface area (Å²) >= 11 is 5.66. The van der Waals surface area contributed by atoms with Gasteiger partial charge in [-0.15, -0.1) is 0 Å². The molecule has 0 heterocycles. The topological polar surface area (TPSA) is 29.1 Å². The lowest BCUT2D eigenvalue weighted by molar-refractivity contribution is 0.102. The molecule has 1 amide bonds. The number of carbonyl (C=O) groups is 1. The summed E-state index contributed by atoms with van der Waals surface area (Å²) in [6.07, 6.45) is 0. The highest BCUT2D eigenvalue weighted by molar-refractivity contribution is 14.1. The van der Waals surface area contributed by atoms with Crippen LogP contribution in [0.3, 0.4) is 0 Å². The quantitative estimate of drug-likeness (QED) is 0.674. The van der Waals surface area contributed by atoms with E-state index in [1.807, 2.05) is 32.0 Å². The van der Waals surface area contributed by atoms with Crippen molar-refractivity contribution in [2.24, 2.45) is 0 Å². The molecule has 2 aromatic rings. The third-order valence-corrected chi connectivity index (χ3v) is 4.55. The van der Waals surface area contributed by atoms with E-state index in [-0.39, 0.29) is 5.91 Å². The SMILES string of the molecule is Cc1cc(NC(=O)c2ccc(Br)cc2)c(C)cc1I. The van der Waals surface area contributed by atoms with Gasteiger partial charge in [0.1, 0.15) is 0 Å². The summed E-state index contributed by atoms with van der Waals surface area (Å²) in [6.45, 7) is 4.04. The first-order valence-corrected chi connectivity index (χ1v) is 7.68. The summed E-state index contributed by atoms with van der Waals surface area (Å²) in [4.78, 5) is 12.1. The Morgan fingerprint density at radius 3 is 2.37 bits per heavy atom. The van der Waals surface area contributed by atoms with E-state index in [0.29, 0.717) is 5.56 Å². The van der Waals surface area contributed by atoms with Crippen LogP contribution in [-0.4, -0.2) is 5.91 Å². The molecule has 1 N–H and O–H groups in total. The van der Waals surface area contributed by atoms with Crippen molar-refractivity contribution in [3.63, 3.8) is 0 Å². The van der Waals surface area contributed by atoms with Gasteiger partial charge in [-0.05, 0) is 84.0 Å². The van der Waals surface area contributed by atoms with Crippen molar-refractivity contribution in [1.82, 2.24) is 0 Å². The van der Waals surface area contributed by atoms with Crippen LogP contribution >= 0.6 is 38.5 Å². The molecular weight excluding hydrogens is 417 g/mol. The summed E-state index contributed by atoms with van der Waals surface area (Å²) in [6, 6.07) is 11.4. The highest BCUT2D eigenvalue weighted by Crippen LogP contribution is 2.22. The fraction of sp³-hybridized carbons (Fsp3) is 0.133. The number of carbonyl (C=O) groups excluding carboxylic acids is 1. The van der Waals surface area contributed by atoms with Crippen LogP contribution in [0.25, 0.3) is 0 Å². The van der Waals surface area contributed by atoms with Crippen molar-refractivity contribution < 1.29 is 4.79 Å². The van der Waals surface area contributed by atoms with Gasteiger partial charge in [0, 0.05) is 19.3 Å². The Bertz CT molecular complexity index is 623. The predicted molar refractivity (Wildman–Crippen MR) is 90.7 cm³/mol. The van der Waals surface area contributed by atoms with E-state index < -0.39 is 0 Å². The third kappa shape index (κ3) is 3.57. The molecule has 0 saturated heterocycles. The zero-order chi connectivity index (χ0) is 14.0. The van der Waals surface area contributed by atoms with E-state index in [2.05, 4.69) is 49.9 Å². The Kier molecular flexibility index (Phi) is 4.62. The Morgan fingerprint density at radius 1 is 1.11 bits per heavy atom. The number of amides is 1. The lowest BCUT2D eigenvalue weighted by atomic mass is 10.1. The van der Waals surface area contributed by atoms with Crippen LogP contribution in [0.15, 0.2) is 40.9 Å². The van der Waals surface area contributed by atoms with Gasteiger partial charge < -0.3 is 5.32 Å². The molecule has 0 unspecified atom stereocenters. The van der Waals surface area contributed by atoms with Gasteiger partial charge in [0.05, 0.1) is 0 Å². The largest absolute Gasteiger partial charge is 0.322 e. The van der Waals surface area contributed by atoms with Crippen LogP contribution in [-0.2, 0) is 0 Å². The number of halogens is 2. The molecule has 0 atom stereocenters. The summed E-state index contributed by atoms with van der Waals surface area (Å²) < 4.78 is 2.17. The summed E-state index contributed by atoms with van der Waals surface area (Å²) in [5, 5.41) is 2.96. The van der Waals surface area contributed by atoms with Crippen LogP contribution in [0.1, 0.15) is 21.5 Å². The van der Waals surface area contributed by atoms with Gasteiger partial charge in [0.15, 0.2) is 0 Å². The Labute approximate surface area is 134 Å². The van der Waals surface area contributed by atoms with E-state index in [9.17, 15) is 4.79 Å². The van der Waals surface area contributed by atoms with Gasteiger partial charge >= 0.3 is 0 Å². The molecule has 0 aromatic heterocycles. The average Bonchev–Trinajstić information content (AvgIpc) is 2.36. The van der Waals surface area contributed by atoms with Crippen molar-refractivity contribution in [2.75, 3.05) is 5.32 Å². The van der Waals surface area contributed by atoms with Crippen molar-refractivity contribution in [2.45, 2.75) is 13.8 Å². The lowest BCUT2D eigenvalue weighted by Gasteiger charge is -2.11. The number of anilines is 1. The fourth-order valence-electron chi connectivity index (χ4n) is 1.71. The van der Waals surface area contributed by atoms with Crippen molar-refractivity contribution in [3.8, 4) is 0 Å². The van der Waals surface area contributed by atoms with Crippen LogP contribution in [0.5, 0.6) is 0 Å². The van der Waals surface area contributed by atoms with Gasteiger partial charge in [0.2, 0.25) is 0 Å². The molecule has 98 valence electrons. The second-order valence-electron chi connectivity index (χ2n) is 4.38. The first-order valence-electron chi connectivity index (χ1n) is 5.81. The number of hydrogen-bond donors (Lipinski definition) is 1. The summed E-state index contributed by atoms with van der Waals surface area (Å²) in [7, 11) is 0. The molecule has 2 nitrogen and oxygen atoms in total. The van der Waals surface area contributed by atoms with E-state index in [4.69, 9.17) is 0 Å². The molecule has 0 spiro atoms. The standard InChI is InChI=1S/C15H13BrINO/c1-9-8-14(10(2)7-13(9)17)18-15(19)11-3-5-12(16)6-4-11/h3-8H,1-2H3,(H,18,19). The first kappa shape index (κ1) is 14.5. The zero-order valence-corrected chi connectivity index (χ0v) is 14.4. The molecule has 0 bridgehead atoms. The van der Waals surface area contributed by atoms with Crippen LogP contribution in [0.4, 0.5) is 5.69 Å². The smallest absolute Gasteiger partial charge is 0.255 e. The summed E-state index contributed by atoms with van der Waals surface area (Å²) in [5.74, 6) is -0.0868. The van der Waals surface area contributed by atoms with Crippen molar-refractivity contribution in [3.05, 3.63) is 61.1 Å². The molecule has 0 aliphatic heterocycles. The molecule has 4 heteroatoms. The molecule has 0 radical (unpaired) electrons. The first-order chi connectivity index (χ1) is 8.97. The Morgan fingerprint density at radius 2 is 1.74 bits per heavy atom. The Balaban J connectivity index is 2.24. The van der Waals surface area contributed by atoms with E-state index in [1.165, 1.54) is 3.57 Å². The van der Waals surface area contributed by atoms with Crippen molar-refractivity contribution >= 4 is 50.1 Å². The number of nitrogens with one attached hydrogen (secondary N) is 1. The molecule has 0 saturated carbocycles. The monoisotopic (exact) mass is 429 g/mol. The highest BCUT2D eigenvalue weighted by Gasteiger charge is 2.09. The predicted octanol–water partition coefficient (Wildman–Crippen LogP) is 4.92. The highest BCUT2D eigenvalue weighted by atomic mass is 127. The van der Waals surface area contributed by atoms with Gasteiger partial charge in [-0.3, -0.25) is 4.79 Å². The third-order valence-electron chi connectivity index (χ3n) is 2.86. The molecular formula is C15H13BrINO. The molecule has 0 aliphatic rings. The van der Waals surface area contributed by atoms with Crippen molar-refractivity contribution in [1.29, 1.82) is 0 Å². The lowest BCUT2D eigenvalue weighted by Crippen LogP contribution is -2.13. The van der Waals surface area contributed by atoms with Gasteiger partial charge in [-0.25, -0.2) is 0 Å². The van der Waals surface area contributed by atoms with Gasteiger partial charge in [0.25, 0.3) is 5.91 Å². The average molecular weight is 430 g/mol. The maximum atomic E-state index is 12.1. The minimum absolute atomic E-state index is 0.0868. The zero-order valence-electron chi connectivity index (χ0n) is 10.6. The number of benzene rings is 2. The van der Waals surface area contributed by atoms with Gasteiger partial charge in [-0.2, -0.15) is 0 Å². The van der Waals surface area contributed by atoms with E-state index in [0.717, 1.165) is 21.3 Å². The van der Waals surface area contributed by atoms with Crippen LogP contribution in [0, 0.1) is 17.4 Å². The molecule has 2 rings (SSSR count). The van der Waals surface area contributed by atoms with Gasteiger partial charge in [-0.1, -0.05) is 15.9 Å². The minimum atomic E-state index is -0.0868. The Hall–Kier alpha value is -0.880. The molecule has 19 heavy (non-hydrogen) atoms. The molecule has 2 aromatic carbocycles. The maximum absolute atomic E-state index is 12.1.